The van der Waals surface area contributed by atoms with Crippen molar-refractivity contribution in [3.05, 3.63) is 0 Å². The lowest BCUT2D eigenvalue weighted by Crippen LogP contribution is -2.26. The molecule has 0 saturated heterocycles. The summed E-state index contributed by atoms with van der Waals surface area (Å²) in [6.45, 7) is 6.08. The van der Waals surface area contributed by atoms with Gasteiger partial charge >= 0.3 is 5.97 Å². The molecule has 0 saturated carbocycles. The molecule has 1 N–H and O–H groups in total. The van der Waals surface area contributed by atoms with Gasteiger partial charge in [-0.1, -0.05) is 0 Å². The number of carbonyl (C=O) groups excluding carboxylic acids is 1. The van der Waals surface area contributed by atoms with Gasteiger partial charge in [-0.25, -0.2) is 0 Å². The Balaban J connectivity index is 3.23. The van der Waals surface area contributed by atoms with E-state index in [-0.39, 0.29) is 18.6 Å². The van der Waals surface area contributed by atoms with E-state index < -0.39 is 0 Å². The van der Waals surface area contributed by atoms with Gasteiger partial charge in [-0.3, -0.25) is 4.79 Å². The summed E-state index contributed by atoms with van der Waals surface area (Å²) in [5, 5.41) is 0. The molecule has 0 atom stereocenters. The van der Waals surface area contributed by atoms with Crippen LogP contribution in [-0.4, -0.2) is 25.2 Å². The Bertz CT molecular complexity index is 114. The normalized spacial score (nSPS) is 10.2. The first kappa shape index (κ1) is 10.4. The number of hydrogen-bond acceptors (Lipinski definition) is 4. The highest BCUT2D eigenvalue weighted by molar-refractivity contribution is 5.71. The van der Waals surface area contributed by atoms with E-state index in [1.807, 2.05) is 6.92 Å². The van der Waals surface area contributed by atoms with Gasteiger partial charge in [0.1, 0.15) is 6.54 Å². The van der Waals surface area contributed by atoms with Crippen LogP contribution in [0.15, 0.2) is 0 Å². The van der Waals surface area contributed by atoms with Crippen LogP contribution in [0.5, 0.6) is 0 Å². The molecule has 0 fully saturated rings. The third-order valence-corrected chi connectivity index (χ3v) is 0.830. The summed E-state index contributed by atoms with van der Waals surface area (Å²) < 4.78 is 4.82. The standard InChI is InChI=1S/C7H15NO3/c1-4-10-8-5-7(9)11-6(2)3/h6,8H,4-5H2,1-3H3. The Kier molecular flexibility index (Phi) is 5.78. The van der Waals surface area contributed by atoms with Crippen molar-refractivity contribution in [3.8, 4) is 0 Å². The predicted molar refractivity (Wildman–Crippen MR) is 40.9 cm³/mol. The van der Waals surface area contributed by atoms with Crippen molar-refractivity contribution >= 4 is 5.97 Å². The molecule has 0 radical (unpaired) electrons. The summed E-state index contributed by atoms with van der Waals surface area (Å²) in [6.07, 6.45) is -0.0640. The highest BCUT2D eigenvalue weighted by Crippen LogP contribution is 1.87. The zero-order chi connectivity index (χ0) is 8.69. The quantitative estimate of drug-likeness (QED) is 0.362. The van der Waals surface area contributed by atoms with E-state index in [1.165, 1.54) is 0 Å². The smallest absolute Gasteiger partial charge is 0.322 e. The van der Waals surface area contributed by atoms with Crippen LogP contribution in [0.25, 0.3) is 0 Å². The summed E-state index contributed by atoms with van der Waals surface area (Å²) >= 11 is 0. The predicted octanol–water partition coefficient (Wildman–Crippen LogP) is 0.479. The van der Waals surface area contributed by atoms with E-state index in [0.29, 0.717) is 6.61 Å². The van der Waals surface area contributed by atoms with Crippen LogP contribution in [0.2, 0.25) is 0 Å². The van der Waals surface area contributed by atoms with Gasteiger partial charge in [0, 0.05) is 0 Å². The topological polar surface area (TPSA) is 47.6 Å². The highest BCUT2D eigenvalue weighted by Gasteiger charge is 2.03. The molecule has 0 aromatic rings. The third-order valence-electron chi connectivity index (χ3n) is 0.830. The van der Waals surface area contributed by atoms with E-state index in [0.717, 1.165) is 0 Å². The van der Waals surface area contributed by atoms with Crippen LogP contribution in [0, 0.1) is 0 Å². The second-order valence-electron chi connectivity index (χ2n) is 2.29. The fourth-order valence-corrected chi connectivity index (χ4v) is 0.517. The number of nitrogens with one attached hydrogen (secondary N) is 1. The Labute approximate surface area is 66.8 Å². The summed E-state index contributed by atoms with van der Waals surface area (Å²) in [5.41, 5.74) is 2.47. The van der Waals surface area contributed by atoms with Crippen LogP contribution < -0.4 is 5.48 Å². The first-order chi connectivity index (χ1) is 5.16. The van der Waals surface area contributed by atoms with Gasteiger partial charge in [-0.15, -0.1) is 0 Å². The monoisotopic (exact) mass is 161 g/mol. The van der Waals surface area contributed by atoms with Gasteiger partial charge < -0.3 is 9.57 Å². The molecule has 0 aromatic carbocycles. The second kappa shape index (κ2) is 6.12. The number of carbonyl (C=O) groups is 1. The van der Waals surface area contributed by atoms with Crippen molar-refractivity contribution < 1.29 is 14.4 Å². The van der Waals surface area contributed by atoms with E-state index in [9.17, 15) is 4.79 Å². The molecule has 11 heavy (non-hydrogen) atoms. The Morgan fingerprint density at radius 3 is 2.64 bits per heavy atom. The number of hydrogen-bond donors (Lipinski definition) is 1. The fraction of sp³-hybridized carbons (Fsp3) is 0.857. The molecule has 0 rings (SSSR count). The van der Waals surface area contributed by atoms with Gasteiger partial charge in [0.15, 0.2) is 0 Å². The van der Waals surface area contributed by atoms with Gasteiger partial charge in [0.25, 0.3) is 0 Å². The maximum atomic E-state index is 10.8. The number of rotatable bonds is 5. The average molecular weight is 161 g/mol. The molecule has 4 nitrogen and oxygen atoms in total. The zero-order valence-corrected chi connectivity index (χ0v) is 7.22. The SMILES string of the molecule is CCONCC(=O)OC(C)C. The largest absolute Gasteiger partial charge is 0.462 e. The zero-order valence-electron chi connectivity index (χ0n) is 7.22. The van der Waals surface area contributed by atoms with E-state index >= 15 is 0 Å². The van der Waals surface area contributed by atoms with E-state index in [1.54, 1.807) is 13.8 Å². The highest BCUT2D eigenvalue weighted by atomic mass is 16.6. The van der Waals surface area contributed by atoms with Crippen LogP contribution in [0.4, 0.5) is 0 Å². The average Bonchev–Trinajstić information content (AvgIpc) is 1.86. The van der Waals surface area contributed by atoms with Gasteiger partial charge in [-0.2, -0.15) is 5.48 Å². The number of hydroxylamine groups is 1. The molecular formula is C7H15NO3. The molecule has 0 bridgehead atoms. The molecule has 0 heterocycles. The molecule has 66 valence electrons. The van der Waals surface area contributed by atoms with Crippen LogP contribution in [0.3, 0.4) is 0 Å². The maximum absolute atomic E-state index is 10.8. The summed E-state index contributed by atoms with van der Waals surface area (Å²) in [6, 6.07) is 0. The molecule has 0 spiro atoms. The molecule has 0 aliphatic heterocycles. The van der Waals surface area contributed by atoms with Crippen molar-refractivity contribution in [1.82, 2.24) is 5.48 Å². The van der Waals surface area contributed by atoms with E-state index in [4.69, 9.17) is 9.57 Å². The number of esters is 1. The van der Waals surface area contributed by atoms with Gasteiger partial charge in [0.2, 0.25) is 0 Å². The fourth-order valence-electron chi connectivity index (χ4n) is 0.517. The molecular weight excluding hydrogens is 146 g/mol. The molecule has 0 aliphatic carbocycles. The summed E-state index contributed by atoms with van der Waals surface area (Å²) in [7, 11) is 0. The molecule has 0 amide bonds. The second-order valence-corrected chi connectivity index (χ2v) is 2.29. The number of ether oxygens (including phenoxy) is 1. The van der Waals surface area contributed by atoms with Crippen molar-refractivity contribution in [2.24, 2.45) is 0 Å². The molecule has 0 aromatic heterocycles. The lowest BCUT2D eigenvalue weighted by molar-refractivity contribution is -0.149. The lowest BCUT2D eigenvalue weighted by Gasteiger charge is -2.07. The minimum absolute atomic E-state index is 0.0640. The van der Waals surface area contributed by atoms with Crippen molar-refractivity contribution in [2.45, 2.75) is 26.9 Å². The van der Waals surface area contributed by atoms with Crippen LogP contribution in [0.1, 0.15) is 20.8 Å². The summed E-state index contributed by atoms with van der Waals surface area (Å²) in [5.74, 6) is -0.298. The Morgan fingerprint density at radius 1 is 1.55 bits per heavy atom. The minimum atomic E-state index is -0.298. The van der Waals surface area contributed by atoms with Crippen molar-refractivity contribution in [1.29, 1.82) is 0 Å². The Hall–Kier alpha value is -0.610. The Morgan fingerprint density at radius 2 is 2.18 bits per heavy atom. The summed E-state index contributed by atoms with van der Waals surface area (Å²) in [4.78, 5) is 15.5. The maximum Gasteiger partial charge on any atom is 0.322 e. The third kappa shape index (κ3) is 7.29. The van der Waals surface area contributed by atoms with E-state index in [2.05, 4.69) is 5.48 Å². The lowest BCUT2D eigenvalue weighted by atomic mass is 10.5. The first-order valence-electron chi connectivity index (χ1n) is 3.71. The minimum Gasteiger partial charge on any atom is -0.462 e. The molecule has 0 aliphatic rings. The van der Waals surface area contributed by atoms with Crippen molar-refractivity contribution in [2.75, 3.05) is 13.2 Å². The van der Waals surface area contributed by atoms with Crippen LogP contribution >= 0.6 is 0 Å². The van der Waals surface area contributed by atoms with Gasteiger partial charge in [0.05, 0.1) is 12.7 Å². The van der Waals surface area contributed by atoms with Crippen molar-refractivity contribution in [3.63, 3.8) is 0 Å². The van der Waals surface area contributed by atoms with Crippen LogP contribution in [-0.2, 0) is 14.4 Å². The van der Waals surface area contributed by atoms with Gasteiger partial charge in [-0.05, 0) is 20.8 Å². The molecule has 0 unspecified atom stereocenters. The first-order valence-corrected chi connectivity index (χ1v) is 3.71. The molecule has 4 heteroatoms.